The molecule has 224 valence electrons. The topological polar surface area (TPSA) is 109 Å². The normalized spacial score (nSPS) is 14.1. The van der Waals surface area contributed by atoms with Crippen molar-refractivity contribution in [1.29, 1.82) is 0 Å². The fourth-order valence-electron chi connectivity index (χ4n) is 4.72. The van der Waals surface area contributed by atoms with Gasteiger partial charge in [0.25, 0.3) is 5.91 Å². The number of fused-ring (bicyclic) bond motifs is 1. The van der Waals surface area contributed by atoms with E-state index in [1.54, 1.807) is 41.9 Å². The molecule has 0 aliphatic carbocycles. The van der Waals surface area contributed by atoms with Crippen LogP contribution in [0, 0.1) is 0 Å². The van der Waals surface area contributed by atoms with Gasteiger partial charge < -0.3 is 29.6 Å². The lowest BCUT2D eigenvalue weighted by molar-refractivity contribution is -0.113. The predicted molar refractivity (Wildman–Crippen MR) is 166 cm³/mol. The standard InChI is InChI=1S/C30H28Cl3N5O5/c1-5-42-26-10-17(7-9-23(26)43-14-18-6-8-19(31)11-20(18)32)28-27(16(2)36-30-34-15-35-38(28)30)29(39)37-22-13-24(40-3)21(33)12-25(22)41-4/h6-13,15,28H,5,14H2,1-4H3,(H,37,39)(H,34,35,36)/t28-/m0/s1. The van der Waals surface area contributed by atoms with E-state index in [4.69, 9.17) is 53.8 Å². The number of nitrogens with one attached hydrogen (secondary N) is 2. The van der Waals surface area contributed by atoms with Gasteiger partial charge in [0.1, 0.15) is 30.5 Å². The molecule has 0 bridgehead atoms. The second-order valence-corrected chi connectivity index (χ2v) is 10.7. The Labute approximate surface area is 263 Å². The maximum atomic E-state index is 14.0. The Hall–Kier alpha value is -4.12. The number of ether oxygens (including phenoxy) is 4. The zero-order valence-corrected chi connectivity index (χ0v) is 26.0. The van der Waals surface area contributed by atoms with Gasteiger partial charge in [0.15, 0.2) is 11.5 Å². The summed E-state index contributed by atoms with van der Waals surface area (Å²) in [5, 5.41) is 11.9. The summed E-state index contributed by atoms with van der Waals surface area (Å²) in [4.78, 5) is 18.3. The highest BCUT2D eigenvalue weighted by Gasteiger charge is 2.34. The summed E-state index contributed by atoms with van der Waals surface area (Å²) in [5.41, 5.74) is 2.88. The lowest BCUT2D eigenvalue weighted by atomic mass is 9.94. The summed E-state index contributed by atoms with van der Waals surface area (Å²) in [6.07, 6.45) is 1.42. The first kappa shape index (κ1) is 30.3. The second kappa shape index (κ2) is 13.0. The number of rotatable bonds is 10. The van der Waals surface area contributed by atoms with E-state index in [9.17, 15) is 4.79 Å². The number of hydrogen-bond donors (Lipinski definition) is 2. The number of allylic oxidation sites excluding steroid dienone is 1. The Morgan fingerprint density at radius 2 is 1.74 bits per heavy atom. The van der Waals surface area contributed by atoms with Crippen LogP contribution in [0.5, 0.6) is 23.0 Å². The van der Waals surface area contributed by atoms with Crippen LogP contribution in [0.15, 0.2) is 66.1 Å². The number of halogens is 3. The first-order valence-corrected chi connectivity index (χ1v) is 14.3. The fraction of sp³-hybridized carbons (Fsp3) is 0.233. The number of amides is 1. The number of hydrogen-bond acceptors (Lipinski definition) is 8. The highest BCUT2D eigenvalue weighted by atomic mass is 35.5. The largest absolute Gasteiger partial charge is 0.495 e. The van der Waals surface area contributed by atoms with Crippen molar-refractivity contribution < 1.29 is 23.7 Å². The van der Waals surface area contributed by atoms with E-state index in [1.807, 2.05) is 25.1 Å². The monoisotopic (exact) mass is 643 g/mol. The van der Waals surface area contributed by atoms with Crippen LogP contribution in [0.1, 0.15) is 31.0 Å². The molecule has 0 unspecified atom stereocenters. The van der Waals surface area contributed by atoms with Gasteiger partial charge in [-0.3, -0.25) is 4.79 Å². The quantitative estimate of drug-likeness (QED) is 0.187. The lowest BCUT2D eigenvalue weighted by Gasteiger charge is -2.29. The third kappa shape index (κ3) is 6.31. The van der Waals surface area contributed by atoms with E-state index in [0.717, 1.165) is 11.1 Å². The molecule has 3 aromatic carbocycles. The van der Waals surface area contributed by atoms with Gasteiger partial charge in [-0.05, 0) is 43.7 Å². The predicted octanol–water partition coefficient (Wildman–Crippen LogP) is 7.16. The van der Waals surface area contributed by atoms with Crippen LogP contribution in [-0.4, -0.2) is 41.5 Å². The summed E-state index contributed by atoms with van der Waals surface area (Å²) in [7, 11) is 2.98. The average Bonchev–Trinajstić information content (AvgIpc) is 3.45. The first-order chi connectivity index (χ1) is 20.7. The molecule has 13 heteroatoms. The van der Waals surface area contributed by atoms with Crippen LogP contribution in [0.4, 0.5) is 11.6 Å². The van der Waals surface area contributed by atoms with E-state index in [-0.39, 0.29) is 6.61 Å². The van der Waals surface area contributed by atoms with Crippen molar-refractivity contribution in [3.63, 3.8) is 0 Å². The molecule has 0 radical (unpaired) electrons. The first-order valence-electron chi connectivity index (χ1n) is 13.2. The van der Waals surface area contributed by atoms with Crippen molar-refractivity contribution in [1.82, 2.24) is 14.8 Å². The van der Waals surface area contributed by atoms with Crippen molar-refractivity contribution in [2.45, 2.75) is 26.5 Å². The minimum atomic E-state index is -0.655. The van der Waals surface area contributed by atoms with Gasteiger partial charge >= 0.3 is 0 Å². The average molecular weight is 645 g/mol. The Morgan fingerprint density at radius 3 is 2.47 bits per heavy atom. The van der Waals surface area contributed by atoms with E-state index in [0.29, 0.717) is 67.6 Å². The number of aromatic nitrogens is 3. The third-order valence-electron chi connectivity index (χ3n) is 6.74. The molecule has 1 aliphatic rings. The molecule has 4 aromatic rings. The Morgan fingerprint density at radius 1 is 0.953 bits per heavy atom. The zero-order valence-electron chi connectivity index (χ0n) is 23.7. The summed E-state index contributed by atoms with van der Waals surface area (Å²) in [5.74, 6) is 1.85. The fourth-order valence-corrected chi connectivity index (χ4v) is 5.41. The van der Waals surface area contributed by atoms with E-state index in [1.165, 1.54) is 20.5 Å². The maximum absolute atomic E-state index is 14.0. The van der Waals surface area contributed by atoms with Crippen molar-refractivity contribution in [2.24, 2.45) is 0 Å². The van der Waals surface area contributed by atoms with Gasteiger partial charge in [0, 0.05) is 33.4 Å². The van der Waals surface area contributed by atoms with E-state index >= 15 is 0 Å². The molecule has 1 aliphatic heterocycles. The summed E-state index contributed by atoms with van der Waals surface area (Å²) in [6, 6.07) is 13.2. The van der Waals surface area contributed by atoms with Crippen molar-refractivity contribution >= 4 is 52.3 Å². The molecule has 1 atom stereocenters. The van der Waals surface area contributed by atoms with Gasteiger partial charge in [0.05, 0.1) is 37.1 Å². The molecule has 0 spiro atoms. The van der Waals surface area contributed by atoms with Crippen LogP contribution in [0.25, 0.3) is 0 Å². The molecule has 1 aromatic heterocycles. The van der Waals surface area contributed by atoms with Crippen LogP contribution in [-0.2, 0) is 11.4 Å². The Balaban J connectivity index is 1.50. The van der Waals surface area contributed by atoms with Gasteiger partial charge in [-0.25, -0.2) is 4.68 Å². The van der Waals surface area contributed by atoms with Crippen LogP contribution in [0.3, 0.4) is 0 Å². The minimum Gasteiger partial charge on any atom is -0.495 e. The molecular weight excluding hydrogens is 617 g/mol. The van der Waals surface area contributed by atoms with Crippen molar-refractivity contribution in [3.8, 4) is 23.0 Å². The molecule has 0 fully saturated rings. The molecule has 1 amide bonds. The lowest BCUT2D eigenvalue weighted by Crippen LogP contribution is -2.31. The zero-order chi connectivity index (χ0) is 30.7. The highest BCUT2D eigenvalue weighted by molar-refractivity contribution is 6.35. The van der Waals surface area contributed by atoms with Crippen LogP contribution < -0.4 is 29.6 Å². The number of anilines is 2. The molecule has 5 rings (SSSR count). The molecule has 43 heavy (non-hydrogen) atoms. The molecule has 0 saturated heterocycles. The van der Waals surface area contributed by atoms with Crippen LogP contribution in [0.2, 0.25) is 15.1 Å². The summed E-state index contributed by atoms with van der Waals surface area (Å²) >= 11 is 18.6. The van der Waals surface area contributed by atoms with E-state index < -0.39 is 11.9 Å². The van der Waals surface area contributed by atoms with Gasteiger partial charge in [-0.1, -0.05) is 46.9 Å². The number of nitrogens with zero attached hydrogens (tertiary/aromatic N) is 3. The number of carbonyl (C=O) groups excluding carboxylic acids is 1. The number of benzene rings is 3. The minimum absolute atomic E-state index is 0.203. The van der Waals surface area contributed by atoms with E-state index in [2.05, 4.69) is 20.7 Å². The van der Waals surface area contributed by atoms with Gasteiger partial charge in [-0.2, -0.15) is 10.1 Å². The molecular formula is C30H28Cl3N5O5. The summed E-state index contributed by atoms with van der Waals surface area (Å²) in [6.45, 7) is 4.28. The summed E-state index contributed by atoms with van der Waals surface area (Å²) < 4.78 is 24.5. The SMILES string of the molecule is CCOc1cc([C@H]2C(C(=O)Nc3cc(OC)c(Cl)cc3OC)=C(C)Nc3ncnn32)ccc1OCc1ccc(Cl)cc1Cl. The Kier molecular flexibility index (Phi) is 9.19. The molecule has 0 saturated carbocycles. The highest BCUT2D eigenvalue weighted by Crippen LogP contribution is 2.41. The number of carbonyl (C=O) groups is 1. The maximum Gasteiger partial charge on any atom is 0.255 e. The Bertz CT molecular complexity index is 1710. The second-order valence-electron chi connectivity index (χ2n) is 9.40. The van der Waals surface area contributed by atoms with Crippen molar-refractivity contribution in [2.75, 3.05) is 31.5 Å². The molecule has 2 heterocycles. The third-order valence-corrected chi connectivity index (χ3v) is 7.63. The van der Waals surface area contributed by atoms with Gasteiger partial charge in [-0.15, -0.1) is 0 Å². The van der Waals surface area contributed by atoms with Crippen LogP contribution >= 0.6 is 34.8 Å². The number of methoxy groups -OCH3 is 2. The van der Waals surface area contributed by atoms with Gasteiger partial charge in [0.2, 0.25) is 5.95 Å². The molecule has 2 N–H and O–H groups in total. The smallest absolute Gasteiger partial charge is 0.255 e. The van der Waals surface area contributed by atoms with Crippen molar-refractivity contribution in [3.05, 3.63) is 92.3 Å². The molecule has 10 nitrogen and oxygen atoms in total.